The number of hydrogen-bond acceptors (Lipinski definition) is 3. The molecule has 1 aromatic rings. The van der Waals surface area contributed by atoms with Crippen LogP contribution in [0.2, 0.25) is 0 Å². The maximum Gasteiger partial charge on any atom is 0.234 e. The molecule has 1 heterocycles. The molecule has 5 heteroatoms. The Labute approximate surface area is 103 Å². The summed E-state index contributed by atoms with van der Waals surface area (Å²) in [4.78, 5) is 13.3. The molecule has 1 amide bonds. The van der Waals surface area contributed by atoms with Gasteiger partial charge in [0.05, 0.1) is 6.54 Å². The van der Waals surface area contributed by atoms with E-state index in [1.54, 1.807) is 0 Å². The number of carbonyl (C=O) groups excluding carboxylic acids is 1. The van der Waals surface area contributed by atoms with Crippen LogP contribution in [0.1, 0.15) is 5.56 Å². The normalized spacial score (nSPS) is 17.2. The molecule has 1 aliphatic rings. The van der Waals surface area contributed by atoms with E-state index in [0.717, 1.165) is 22.3 Å². The lowest BCUT2D eigenvalue weighted by Gasteiger charge is -2.27. The molecule has 0 spiro atoms. The first-order valence-electron chi connectivity index (χ1n) is 5.19. The predicted molar refractivity (Wildman–Crippen MR) is 66.8 cm³/mol. The first-order chi connectivity index (χ1) is 7.66. The number of rotatable bonds is 2. The van der Waals surface area contributed by atoms with E-state index < -0.39 is 0 Å². The molecule has 2 rings (SSSR count). The molecule has 1 fully saturated rings. The fourth-order valence-corrected chi connectivity index (χ4v) is 2.30. The lowest BCUT2D eigenvalue weighted by Crippen LogP contribution is -2.47. The summed E-state index contributed by atoms with van der Waals surface area (Å²) in [5.74, 6) is 0.0804. The van der Waals surface area contributed by atoms with Gasteiger partial charge in [0.2, 0.25) is 5.91 Å². The Morgan fingerprint density at radius 3 is 3.00 bits per heavy atom. The number of amides is 1. The average molecular weight is 284 g/mol. The van der Waals surface area contributed by atoms with Crippen molar-refractivity contribution in [3.05, 3.63) is 28.2 Å². The molecule has 1 aromatic carbocycles. The van der Waals surface area contributed by atoms with Crippen molar-refractivity contribution in [2.24, 2.45) is 0 Å². The van der Waals surface area contributed by atoms with E-state index >= 15 is 0 Å². The van der Waals surface area contributed by atoms with Crippen molar-refractivity contribution in [3.8, 4) is 0 Å². The summed E-state index contributed by atoms with van der Waals surface area (Å²) >= 11 is 3.48. The van der Waals surface area contributed by atoms with Crippen LogP contribution in [-0.4, -0.2) is 30.4 Å². The molecule has 1 saturated heterocycles. The van der Waals surface area contributed by atoms with Crippen LogP contribution >= 0.6 is 15.9 Å². The van der Waals surface area contributed by atoms with Crippen molar-refractivity contribution in [3.63, 3.8) is 0 Å². The van der Waals surface area contributed by atoms with Crippen LogP contribution in [0, 0.1) is 0 Å². The first-order valence-corrected chi connectivity index (χ1v) is 5.98. The summed E-state index contributed by atoms with van der Waals surface area (Å²) in [5.41, 5.74) is 7.73. The number of nitrogens with one attached hydrogen (secondary N) is 1. The second-order valence-electron chi connectivity index (χ2n) is 3.87. The van der Waals surface area contributed by atoms with Crippen LogP contribution in [0.3, 0.4) is 0 Å². The Bertz CT molecular complexity index is 388. The van der Waals surface area contributed by atoms with Crippen LogP contribution in [-0.2, 0) is 11.3 Å². The third-order valence-electron chi connectivity index (χ3n) is 2.65. The van der Waals surface area contributed by atoms with E-state index in [9.17, 15) is 4.79 Å². The van der Waals surface area contributed by atoms with Gasteiger partial charge in [-0.05, 0) is 12.1 Å². The number of hydrogen-bond donors (Lipinski definition) is 2. The van der Waals surface area contributed by atoms with E-state index in [1.807, 2.05) is 18.2 Å². The summed E-state index contributed by atoms with van der Waals surface area (Å²) < 4.78 is 0.999. The van der Waals surface area contributed by atoms with Crippen molar-refractivity contribution in [1.29, 1.82) is 0 Å². The lowest BCUT2D eigenvalue weighted by atomic mass is 10.1. The van der Waals surface area contributed by atoms with Gasteiger partial charge in [-0.25, -0.2) is 0 Å². The van der Waals surface area contributed by atoms with E-state index in [2.05, 4.69) is 26.1 Å². The molecule has 0 saturated carbocycles. The highest BCUT2D eigenvalue weighted by molar-refractivity contribution is 9.10. The van der Waals surface area contributed by atoms with Crippen LogP contribution in [0.15, 0.2) is 22.7 Å². The molecule has 1 aliphatic heterocycles. The van der Waals surface area contributed by atoms with Gasteiger partial charge < -0.3 is 11.1 Å². The van der Waals surface area contributed by atoms with Gasteiger partial charge in [-0.1, -0.05) is 22.0 Å². The van der Waals surface area contributed by atoms with Crippen molar-refractivity contribution in [2.45, 2.75) is 6.54 Å². The number of halogens is 1. The van der Waals surface area contributed by atoms with E-state index in [0.29, 0.717) is 19.6 Å². The summed E-state index contributed by atoms with van der Waals surface area (Å²) in [6.45, 7) is 2.73. The van der Waals surface area contributed by atoms with Gasteiger partial charge in [-0.15, -0.1) is 0 Å². The Hall–Kier alpha value is -1.07. The number of nitrogen functional groups attached to an aromatic ring is 1. The molecule has 0 unspecified atom stereocenters. The predicted octanol–water partition coefficient (Wildman–Crippen LogP) is 0.963. The lowest BCUT2D eigenvalue weighted by molar-refractivity contribution is -0.124. The first kappa shape index (κ1) is 11.4. The van der Waals surface area contributed by atoms with Crippen molar-refractivity contribution >= 4 is 27.5 Å². The molecule has 0 atom stereocenters. The minimum atomic E-state index is 0.0804. The molecule has 16 heavy (non-hydrogen) atoms. The fourth-order valence-electron chi connectivity index (χ4n) is 1.79. The minimum Gasteiger partial charge on any atom is -0.398 e. The van der Waals surface area contributed by atoms with E-state index in [1.165, 1.54) is 0 Å². The zero-order valence-electron chi connectivity index (χ0n) is 8.87. The quantitative estimate of drug-likeness (QED) is 0.795. The fraction of sp³-hybridized carbons (Fsp3) is 0.364. The topological polar surface area (TPSA) is 58.4 Å². The molecular weight excluding hydrogens is 270 g/mol. The second kappa shape index (κ2) is 4.84. The van der Waals surface area contributed by atoms with Crippen molar-refractivity contribution in [1.82, 2.24) is 10.2 Å². The van der Waals surface area contributed by atoms with Gasteiger partial charge in [-0.3, -0.25) is 9.69 Å². The number of nitrogens with two attached hydrogens (primary N) is 1. The zero-order valence-corrected chi connectivity index (χ0v) is 10.5. The third kappa shape index (κ3) is 2.54. The van der Waals surface area contributed by atoms with Crippen LogP contribution in [0.5, 0.6) is 0 Å². The molecule has 3 N–H and O–H groups in total. The van der Waals surface area contributed by atoms with Gasteiger partial charge in [-0.2, -0.15) is 0 Å². The SMILES string of the molecule is Nc1cccc(Br)c1CN1CCNC(=O)C1. The highest BCUT2D eigenvalue weighted by Crippen LogP contribution is 2.24. The summed E-state index contributed by atoms with van der Waals surface area (Å²) in [5, 5.41) is 2.80. The monoisotopic (exact) mass is 283 g/mol. The standard InChI is InChI=1S/C11H14BrN3O/c12-9-2-1-3-10(13)8(9)6-15-5-4-14-11(16)7-15/h1-3H,4-7,13H2,(H,14,16). The smallest absolute Gasteiger partial charge is 0.234 e. The van der Waals surface area contributed by atoms with E-state index in [-0.39, 0.29) is 5.91 Å². The average Bonchev–Trinajstić information content (AvgIpc) is 2.24. The highest BCUT2D eigenvalue weighted by Gasteiger charge is 2.17. The Morgan fingerprint density at radius 1 is 1.50 bits per heavy atom. The maximum atomic E-state index is 11.2. The van der Waals surface area contributed by atoms with Crippen LogP contribution in [0.25, 0.3) is 0 Å². The molecule has 0 radical (unpaired) electrons. The molecule has 86 valence electrons. The number of benzene rings is 1. The largest absolute Gasteiger partial charge is 0.398 e. The number of carbonyl (C=O) groups is 1. The number of nitrogens with zero attached hydrogens (tertiary/aromatic N) is 1. The van der Waals surface area contributed by atoms with Gasteiger partial charge in [0.25, 0.3) is 0 Å². The van der Waals surface area contributed by atoms with Crippen LogP contribution < -0.4 is 11.1 Å². The third-order valence-corrected chi connectivity index (χ3v) is 3.40. The van der Waals surface area contributed by atoms with Crippen LogP contribution in [0.4, 0.5) is 5.69 Å². The summed E-state index contributed by atoms with van der Waals surface area (Å²) in [6.07, 6.45) is 0. The minimum absolute atomic E-state index is 0.0804. The molecule has 0 bridgehead atoms. The number of anilines is 1. The second-order valence-corrected chi connectivity index (χ2v) is 4.72. The Morgan fingerprint density at radius 2 is 2.31 bits per heavy atom. The van der Waals surface area contributed by atoms with Gasteiger partial charge in [0.15, 0.2) is 0 Å². The molecule has 0 aliphatic carbocycles. The molecular formula is C11H14BrN3O. The summed E-state index contributed by atoms with van der Waals surface area (Å²) in [7, 11) is 0. The molecule has 4 nitrogen and oxygen atoms in total. The van der Waals surface area contributed by atoms with E-state index in [4.69, 9.17) is 5.73 Å². The van der Waals surface area contributed by atoms with Crippen molar-refractivity contribution in [2.75, 3.05) is 25.4 Å². The van der Waals surface area contributed by atoms with Crippen molar-refractivity contribution < 1.29 is 4.79 Å². The molecule has 0 aromatic heterocycles. The van der Waals surface area contributed by atoms with Gasteiger partial charge >= 0.3 is 0 Å². The Kier molecular flexibility index (Phi) is 3.46. The summed E-state index contributed by atoms with van der Waals surface area (Å²) in [6, 6.07) is 5.76. The maximum absolute atomic E-state index is 11.2. The zero-order chi connectivity index (χ0) is 11.5. The van der Waals surface area contributed by atoms with Gasteiger partial charge in [0.1, 0.15) is 0 Å². The highest BCUT2D eigenvalue weighted by atomic mass is 79.9. The Balaban J connectivity index is 2.11. The number of piperazine rings is 1. The van der Waals surface area contributed by atoms with Gasteiger partial charge in [0, 0.05) is 35.4 Å².